The summed E-state index contributed by atoms with van der Waals surface area (Å²) >= 11 is 6.20. The van der Waals surface area contributed by atoms with Crippen LogP contribution in [0.5, 0.6) is 5.75 Å². The minimum Gasteiger partial charge on any atom is -0.406 e. The van der Waals surface area contributed by atoms with Crippen LogP contribution in [0.4, 0.5) is 13.2 Å². The normalized spacial score (nSPS) is 11.3. The van der Waals surface area contributed by atoms with Crippen molar-refractivity contribution in [1.29, 1.82) is 0 Å². The minimum absolute atomic E-state index is 0.203. The fourth-order valence-corrected chi connectivity index (χ4v) is 4.34. The number of aryl methyl sites for hydroxylation is 1. The first-order valence-electron chi connectivity index (χ1n) is 12.2. The molecule has 0 saturated heterocycles. The summed E-state index contributed by atoms with van der Waals surface area (Å²) < 4.78 is 42.5. The van der Waals surface area contributed by atoms with Gasteiger partial charge in [0.15, 0.2) is 5.82 Å². The predicted octanol–water partition coefficient (Wildman–Crippen LogP) is 7.39. The number of alkyl halides is 3. The van der Waals surface area contributed by atoms with Gasteiger partial charge in [-0.2, -0.15) is 0 Å². The molecule has 0 saturated carbocycles. The Morgan fingerprint density at radius 2 is 1.68 bits per heavy atom. The van der Waals surface area contributed by atoms with Crippen molar-refractivity contribution in [2.45, 2.75) is 19.8 Å². The Morgan fingerprint density at radius 1 is 0.950 bits per heavy atom. The summed E-state index contributed by atoms with van der Waals surface area (Å²) in [6, 6.07) is 25.7. The van der Waals surface area contributed by atoms with E-state index in [4.69, 9.17) is 11.6 Å². The number of nitrogens with one attached hydrogen (secondary N) is 1. The molecule has 10 heteroatoms. The Kier molecular flexibility index (Phi) is 7.57. The molecule has 0 aliphatic heterocycles. The van der Waals surface area contributed by atoms with Crippen LogP contribution in [0.25, 0.3) is 28.2 Å². The highest BCUT2D eigenvalue weighted by atomic mass is 35.5. The smallest absolute Gasteiger partial charge is 0.406 e. The van der Waals surface area contributed by atoms with Crippen molar-refractivity contribution in [3.8, 4) is 34.0 Å². The van der Waals surface area contributed by atoms with Gasteiger partial charge in [0.25, 0.3) is 5.91 Å². The fourth-order valence-electron chi connectivity index (χ4n) is 4.17. The number of benzene rings is 4. The lowest BCUT2D eigenvalue weighted by atomic mass is 9.95. The zero-order valence-corrected chi connectivity index (χ0v) is 21.9. The number of aromatic nitrogens is 3. The Bertz CT molecular complexity index is 1650. The molecule has 0 unspecified atom stereocenters. The third-order valence-corrected chi connectivity index (χ3v) is 6.39. The molecule has 0 atom stereocenters. The summed E-state index contributed by atoms with van der Waals surface area (Å²) in [5, 5.41) is 7.99. The number of carbonyl (C=O) groups excluding carboxylic acids is 1. The van der Waals surface area contributed by atoms with Gasteiger partial charge >= 0.3 is 6.36 Å². The molecule has 0 aliphatic rings. The van der Waals surface area contributed by atoms with Crippen molar-refractivity contribution >= 4 is 17.5 Å². The number of halogens is 4. The van der Waals surface area contributed by atoms with Gasteiger partial charge < -0.3 is 10.1 Å². The molecular weight excluding hydrogens is 541 g/mol. The number of rotatable bonds is 7. The molecule has 5 aromatic rings. The van der Waals surface area contributed by atoms with Crippen LogP contribution in [-0.4, -0.2) is 27.0 Å². The average molecular weight is 563 g/mol. The Balaban J connectivity index is 1.25. The second kappa shape index (κ2) is 11.2. The molecule has 1 aromatic heterocycles. The first-order chi connectivity index (χ1) is 19.2. The van der Waals surface area contributed by atoms with Crippen molar-refractivity contribution in [3.05, 3.63) is 119 Å². The van der Waals surface area contributed by atoms with Gasteiger partial charge in [0, 0.05) is 22.7 Å². The van der Waals surface area contributed by atoms with E-state index in [-0.39, 0.29) is 11.7 Å². The van der Waals surface area contributed by atoms with Gasteiger partial charge in [-0.15, -0.1) is 18.3 Å². The predicted molar refractivity (Wildman–Crippen MR) is 146 cm³/mol. The molecule has 0 spiro atoms. The molecule has 6 nitrogen and oxygen atoms in total. The van der Waals surface area contributed by atoms with Gasteiger partial charge in [-0.25, -0.2) is 9.67 Å². The van der Waals surface area contributed by atoms with Gasteiger partial charge in [0.2, 0.25) is 0 Å². The van der Waals surface area contributed by atoms with Gasteiger partial charge in [0.1, 0.15) is 12.1 Å². The van der Waals surface area contributed by atoms with E-state index in [9.17, 15) is 18.0 Å². The van der Waals surface area contributed by atoms with E-state index in [1.165, 1.54) is 35.3 Å². The highest BCUT2D eigenvalue weighted by Crippen LogP contribution is 2.30. The lowest BCUT2D eigenvalue weighted by Gasteiger charge is -2.13. The summed E-state index contributed by atoms with van der Waals surface area (Å²) in [4.78, 5) is 17.4. The van der Waals surface area contributed by atoms with Crippen LogP contribution in [-0.2, 0) is 6.54 Å². The molecule has 1 N–H and O–H groups in total. The van der Waals surface area contributed by atoms with Crippen LogP contribution in [0.2, 0.25) is 5.02 Å². The van der Waals surface area contributed by atoms with Gasteiger partial charge in [-0.3, -0.25) is 4.79 Å². The molecule has 1 heterocycles. The van der Waals surface area contributed by atoms with Crippen molar-refractivity contribution in [2.75, 3.05) is 0 Å². The molecule has 5 rings (SSSR count). The van der Waals surface area contributed by atoms with Crippen molar-refractivity contribution in [1.82, 2.24) is 20.1 Å². The minimum atomic E-state index is -4.75. The summed E-state index contributed by atoms with van der Waals surface area (Å²) in [5.74, 6) is -0.0783. The third kappa shape index (κ3) is 6.32. The molecule has 0 bridgehead atoms. The quantitative estimate of drug-likeness (QED) is 0.224. The standard InChI is InChI=1S/C30H22ClF3N4O2/c1-19-6-11-22(31)16-27(19)25-4-2-3-5-26(25)29(39)35-17-20-7-9-21(10-8-20)28-36-18-38(37-28)23-12-14-24(15-13-23)40-30(32,33)34/h2-16,18H,17H2,1H3,(H,35,39). The second-order valence-electron chi connectivity index (χ2n) is 8.94. The van der Waals surface area contributed by atoms with Crippen molar-refractivity contribution < 1.29 is 22.7 Å². The molecule has 202 valence electrons. The first-order valence-corrected chi connectivity index (χ1v) is 12.5. The highest BCUT2D eigenvalue weighted by Gasteiger charge is 2.31. The number of carbonyl (C=O) groups is 1. The zero-order chi connectivity index (χ0) is 28.3. The molecule has 4 aromatic carbocycles. The summed E-state index contributed by atoms with van der Waals surface area (Å²) in [6.45, 7) is 2.29. The van der Waals surface area contributed by atoms with E-state index in [0.717, 1.165) is 27.8 Å². The van der Waals surface area contributed by atoms with Crippen LogP contribution in [0.1, 0.15) is 21.5 Å². The van der Waals surface area contributed by atoms with Crippen molar-refractivity contribution in [2.24, 2.45) is 0 Å². The van der Waals surface area contributed by atoms with Crippen LogP contribution in [0.15, 0.2) is 97.3 Å². The molecule has 0 aliphatic carbocycles. The number of nitrogens with zero attached hydrogens (tertiary/aromatic N) is 3. The monoisotopic (exact) mass is 562 g/mol. The van der Waals surface area contributed by atoms with E-state index < -0.39 is 6.36 Å². The van der Waals surface area contributed by atoms with Gasteiger partial charge in [-0.05, 0) is 71.6 Å². The van der Waals surface area contributed by atoms with E-state index in [0.29, 0.717) is 28.6 Å². The van der Waals surface area contributed by atoms with Crippen molar-refractivity contribution in [3.63, 3.8) is 0 Å². The number of hydrogen-bond donors (Lipinski definition) is 1. The Labute approximate surface area is 233 Å². The van der Waals surface area contributed by atoms with Gasteiger partial charge in [-0.1, -0.05) is 60.1 Å². The fraction of sp³-hybridized carbons (Fsp3) is 0.100. The maximum Gasteiger partial charge on any atom is 0.573 e. The van der Waals surface area contributed by atoms with E-state index in [1.807, 2.05) is 67.6 Å². The summed E-state index contributed by atoms with van der Waals surface area (Å²) in [5.41, 5.74) is 5.43. The molecule has 0 fully saturated rings. The number of hydrogen-bond acceptors (Lipinski definition) is 4. The topological polar surface area (TPSA) is 69.0 Å². The van der Waals surface area contributed by atoms with E-state index in [2.05, 4.69) is 20.1 Å². The summed E-state index contributed by atoms with van der Waals surface area (Å²) in [6.07, 6.45) is -3.28. The third-order valence-electron chi connectivity index (χ3n) is 6.15. The second-order valence-corrected chi connectivity index (χ2v) is 9.38. The van der Waals surface area contributed by atoms with E-state index >= 15 is 0 Å². The molecule has 40 heavy (non-hydrogen) atoms. The molecular formula is C30H22ClF3N4O2. The maximum absolute atomic E-state index is 13.1. The van der Waals surface area contributed by atoms with E-state index in [1.54, 1.807) is 6.07 Å². The first kappa shape index (κ1) is 27.0. The Hall–Kier alpha value is -4.63. The van der Waals surface area contributed by atoms with Crippen LogP contribution < -0.4 is 10.1 Å². The van der Waals surface area contributed by atoms with Crippen LogP contribution >= 0.6 is 11.6 Å². The molecule has 1 amide bonds. The van der Waals surface area contributed by atoms with Gasteiger partial charge in [0.05, 0.1) is 5.69 Å². The molecule has 0 radical (unpaired) electrons. The number of amides is 1. The zero-order valence-electron chi connectivity index (χ0n) is 21.1. The lowest BCUT2D eigenvalue weighted by Crippen LogP contribution is -2.23. The highest BCUT2D eigenvalue weighted by molar-refractivity contribution is 6.31. The summed E-state index contributed by atoms with van der Waals surface area (Å²) in [7, 11) is 0. The number of ether oxygens (including phenoxy) is 1. The SMILES string of the molecule is Cc1ccc(Cl)cc1-c1ccccc1C(=O)NCc1ccc(-c2ncn(-c3ccc(OC(F)(F)F)cc3)n2)cc1. The van der Waals surface area contributed by atoms with Crippen LogP contribution in [0, 0.1) is 6.92 Å². The maximum atomic E-state index is 13.1. The lowest BCUT2D eigenvalue weighted by molar-refractivity contribution is -0.274. The Morgan fingerprint density at radius 3 is 2.40 bits per heavy atom. The average Bonchev–Trinajstić information content (AvgIpc) is 3.43. The van der Waals surface area contributed by atoms with Crippen LogP contribution in [0.3, 0.4) is 0 Å². The largest absolute Gasteiger partial charge is 0.573 e.